The summed E-state index contributed by atoms with van der Waals surface area (Å²) in [6.45, 7) is 0. The maximum absolute atomic E-state index is 5.21. The molecule has 3 heterocycles. The number of benzene rings is 7. The smallest absolute Gasteiger partial charge is 0.238 e. The third kappa shape index (κ3) is 4.72. The molecule has 0 atom stereocenters. The molecule has 9 aromatic rings. The average Bonchev–Trinajstić information content (AvgIpc) is 3.54. The summed E-state index contributed by atoms with van der Waals surface area (Å²) in [5, 5.41) is 7.86. The van der Waals surface area contributed by atoms with Gasteiger partial charge in [0.2, 0.25) is 5.95 Å². The number of hydrogen-bond acceptors (Lipinski definition) is 4. The van der Waals surface area contributed by atoms with E-state index < -0.39 is 8.07 Å². The topological polar surface area (TPSA) is 43.6 Å². The number of nitrogens with zero attached hydrogens (tertiary/aromatic N) is 4. The molecule has 0 amide bonds. The van der Waals surface area contributed by atoms with Gasteiger partial charge in [-0.1, -0.05) is 169 Å². The van der Waals surface area contributed by atoms with Gasteiger partial charge in [0, 0.05) is 31.7 Å². The minimum Gasteiger partial charge on any atom is -0.278 e. The Morgan fingerprint density at radius 2 is 0.922 bits per heavy atom. The fourth-order valence-corrected chi connectivity index (χ4v) is 14.7. The molecule has 0 fully saturated rings. The minimum atomic E-state index is -2.78. The Labute approximate surface area is 301 Å². The van der Waals surface area contributed by atoms with Crippen molar-refractivity contribution < 1.29 is 0 Å². The van der Waals surface area contributed by atoms with Gasteiger partial charge in [0.05, 0.1) is 11.0 Å². The van der Waals surface area contributed by atoms with Crippen LogP contribution in [-0.4, -0.2) is 27.6 Å². The molecule has 0 radical (unpaired) electrons. The van der Waals surface area contributed by atoms with E-state index in [0.717, 1.165) is 27.5 Å². The van der Waals surface area contributed by atoms with Gasteiger partial charge in [-0.2, -0.15) is 9.97 Å². The maximum atomic E-state index is 5.21. The van der Waals surface area contributed by atoms with Crippen molar-refractivity contribution in [2.24, 2.45) is 0 Å². The van der Waals surface area contributed by atoms with Gasteiger partial charge in [-0.05, 0) is 45.0 Å². The monoisotopic (exact) mass is 686 g/mol. The van der Waals surface area contributed by atoms with Crippen molar-refractivity contribution in [1.29, 1.82) is 0 Å². The predicted octanol–water partition coefficient (Wildman–Crippen LogP) is 8.14. The van der Waals surface area contributed by atoms with Gasteiger partial charge in [-0.15, -0.1) is 0 Å². The minimum absolute atomic E-state index is 0.599. The summed E-state index contributed by atoms with van der Waals surface area (Å²) in [4.78, 5) is 18.1. The molecule has 4 nitrogen and oxygen atoms in total. The lowest BCUT2D eigenvalue weighted by atomic mass is 10.1. The molecule has 0 bridgehead atoms. The van der Waals surface area contributed by atoms with Gasteiger partial charge in [-0.3, -0.25) is 4.57 Å². The molecule has 240 valence electrons. The zero-order valence-electron chi connectivity index (χ0n) is 27.5. The quantitative estimate of drug-likeness (QED) is 0.172. The second-order valence-corrected chi connectivity index (χ2v) is 17.6. The SMILES string of the molecule is c1ccc(-c2nc(-c3ccccc3)nc(-n3c4ccccc4c4ccc([Si]5(c6ccccc6)c6ccccc6Sc6ccccc65)cc43)n2)cc1. The number of rotatable bonds is 5. The number of aromatic nitrogens is 4. The average molecular weight is 687 g/mol. The summed E-state index contributed by atoms with van der Waals surface area (Å²) in [6.07, 6.45) is 0. The van der Waals surface area contributed by atoms with Gasteiger partial charge in [0.25, 0.3) is 0 Å². The molecule has 10 rings (SSSR count). The van der Waals surface area contributed by atoms with Crippen molar-refractivity contribution in [3.8, 4) is 28.7 Å². The Bertz CT molecular complexity index is 2630. The number of fused-ring (bicyclic) bond motifs is 5. The van der Waals surface area contributed by atoms with Gasteiger partial charge in [-0.25, -0.2) is 4.98 Å². The summed E-state index contributed by atoms with van der Waals surface area (Å²) < 4.78 is 2.25. The van der Waals surface area contributed by atoms with Crippen LogP contribution >= 0.6 is 11.8 Å². The zero-order chi connectivity index (χ0) is 33.8. The van der Waals surface area contributed by atoms with Crippen LogP contribution in [0.25, 0.3) is 50.5 Å². The van der Waals surface area contributed by atoms with Gasteiger partial charge < -0.3 is 0 Å². The normalized spacial score (nSPS) is 13.2. The molecule has 6 heteroatoms. The Balaban J connectivity index is 1.31. The van der Waals surface area contributed by atoms with Crippen LogP contribution in [0.5, 0.6) is 0 Å². The fraction of sp³-hybridized carbons (Fsp3) is 0. The van der Waals surface area contributed by atoms with Crippen LogP contribution in [-0.2, 0) is 0 Å². The predicted molar refractivity (Wildman–Crippen MR) is 213 cm³/mol. The van der Waals surface area contributed by atoms with Gasteiger partial charge in [0.15, 0.2) is 19.7 Å². The summed E-state index contributed by atoms with van der Waals surface area (Å²) in [5.74, 6) is 1.88. The molecule has 0 aliphatic carbocycles. The molecule has 0 saturated heterocycles. The van der Waals surface area contributed by atoms with Crippen LogP contribution in [0.1, 0.15) is 0 Å². The summed E-state index contributed by atoms with van der Waals surface area (Å²) in [5.41, 5.74) is 4.03. The van der Waals surface area contributed by atoms with Crippen LogP contribution < -0.4 is 20.7 Å². The van der Waals surface area contributed by atoms with E-state index in [2.05, 4.69) is 150 Å². The Kier molecular flexibility index (Phi) is 7.04. The highest BCUT2D eigenvalue weighted by Crippen LogP contribution is 2.35. The molecule has 0 N–H and O–H groups in total. The molecule has 1 aliphatic heterocycles. The highest BCUT2D eigenvalue weighted by molar-refractivity contribution is 8.00. The summed E-state index contributed by atoms with van der Waals surface area (Å²) in [6, 6.07) is 65.3. The van der Waals surface area contributed by atoms with Crippen molar-refractivity contribution in [2.45, 2.75) is 9.79 Å². The van der Waals surface area contributed by atoms with Crippen LogP contribution in [0.3, 0.4) is 0 Å². The second-order valence-electron chi connectivity index (χ2n) is 12.8. The molecule has 2 aromatic heterocycles. The highest BCUT2D eigenvalue weighted by atomic mass is 32.2. The number of hydrogen-bond donors (Lipinski definition) is 0. The standard InChI is InChI=1S/C45H30N4SSi/c1-4-16-31(17-5-1)43-46-44(32-18-6-2-7-19-32)48-45(47-43)49-37-23-11-10-22-35(37)36-29-28-34(30-38(36)49)51(33-20-8-3-9-21-33)41-26-14-12-24-39(41)50-40-25-13-15-27-42(40)51/h1-30H. The van der Waals surface area contributed by atoms with E-state index in [1.54, 1.807) is 0 Å². The lowest BCUT2D eigenvalue weighted by molar-refractivity contribution is 0.953. The van der Waals surface area contributed by atoms with Gasteiger partial charge >= 0.3 is 0 Å². The first-order valence-corrected chi connectivity index (χ1v) is 19.9. The van der Waals surface area contributed by atoms with Crippen LogP contribution in [0, 0.1) is 0 Å². The van der Waals surface area contributed by atoms with E-state index >= 15 is 0 Å². The van der Waals surface area contributed by atoms with Crippen molar-refractivity contribution in [1.82, 2.24) is 19.5 Å². The molecular formula is C45H30N4SSi. The molecule has 1 aliphatic rings. The second kappa shape index (κ2) is 12.1. The Morgan fingerprint density at radius 3 is 1.55 bits per heavy atom. The van der Waals surface area contributed by atoms with E-state index in [0.29, 0.717) is 17.6 Å². The molecule has 0 spiro atoms. The first-order chi connectivity index (χ1) is 25.3. The maximum Gasteiger partial charge on any atom is 0.238 e. The molecular weight excluding hydrogens is 657 g/mol. The van der Waals surface area contributed by atoms with E-state index in [1.165, 1.54) is 35.9 Å². The molecule has 0 saturated carbocycles. The first-order valence-electron chi connectivity index (χ1n) is 17.1. The molecule has 51 heavy (non-hydrogen) atoms. The van der Waals surface area contributed by atoms with Crippen molar-refractivity contribution in [3.05, 3.63) is 182 Å². The number of para-hydroxylation sites is 1. The molecule has 7 aromatic carbocycles. The highest BCUT2D eigenvalue weighted by Gasteiger charge is 2.47. The Hall–Kier alpha value is -6.08. The largest absolute Gasteiger partial charge is 0.278 e. The van der Waals surface area contributed by atoms with Crippen molar-refractivity contribution in [2.75, 3.05) is 0 Å². The zero-order valence-corrected chi connectivity index (χ0v) is 29.3. The van der Waals surface area contributed by atoms with E-state index in [9.17, 15) is 0 Å². The van der Waals surface area contributed by atoms with Crippen LogP contribution in [0.15, 0.2) is 192 Å². The molecule has 0 unspecified atom stereocenters. The van der Waals surface area contributed by atoms with E-state index in [4.69, 9.17) is 15.0 Å². The van der Waals surface area contributed by atoms with E-state index in [1.807, 2.05) is 48.2 Å². The van der Waals surface area contributed by atoms with Crippen LogP contribution in [0.4, 0.5) is 0 Å². The van der Waals surface area contributed by atoms with E-state index in [-0.39, 0.29) is 0 Å². The van der Waals surface area contributed by atoms with Crippen LogP contribution in [0.2, 0.25) is 0 Å². The van der Waals surface area contributed by atoms with Crippen molar-refractivity contribution in [3.63, 3.8) is 0 Å². The lowest BCUT2D eigenvalue weighted by Crippen LogP contribution is -2.76. The first kappa shape index (κ1) is 29.8. The summed E-state index contributed by atoms with van der Waals surface area (Å²) >= 11 is 1.88. The van der Waals surface area contributed by atoms with Crippen molar-refractivity contribution >= 4 is 62.4 Å². The summed E-state index contributed by atoms with van der Waals surface area (Å²) in [7, 11) is -2.78. The third-order valence-electron chi connectivity index (χ3n) is 10.0. The lowest BCUT2D eigenvalue weighted by Gasteiger charge is -2.39. The Morgan fingerprint density at radius 1 is 0.412 bits per heavy atom. The third-order valence-corrected chi connectivity index (χ3v) is 16.4. The van der Waals surface area contributed by atoms with Gasteiger partial charge in [0.1, 0.15) is 0 Å². The fourth-order valence-electron chi connectivity index (χ4n) is 7.79.